The minimum Gasteiger partial charge on any atom is -0.357 e. The first-order valence-corrected chi connectivity index (χ1v) is 10.7. The molecule has 2 N–H and O–H groups in total. The highest BCUT2D eigenvalue weighted by Gasteiger charge is 2.45. The molecule has 1 fully saturated rings. The number of thiazole rings is 1. The van der Waals surface area contributed by atoms with E-state index in [0.717, 1.165) is 36.0 Å². The van der Waals surface area contributed by atoms with Crippen molar-refractivity contribution in [1.82, 2.24) is 15.6 Å². The van der Waals surface area contributed by atoms with Crippen molar-refractivity contribution in [2.45, 2.75) is 40.2 Å². The van der Waals surface area contributed by atoms with Crippen LogP contribution in [0.25, 0.3) is 0 Å². The lowest BCUT2D eigenvalue weighted by Gasteiger charge is -2.17. The number of sulfone groups is 1. The fourth-order valence-electron chi connectivity index (χ4n) is 2.47. The number of nitrogens with zero attached hydrogens (tertiary/aromatic N) is 2. The van der Waals surface area contributed by atoms with Gasteiger partial charge in [-0.2, -0.15) is 0 Å². The molecule has 1 aromatic heterocycles. The smallest absolute Gasteiger partial charge is 0.191 e. The van der Waals surface area contributed by atoms with Crippen LogP contribution in [0.5, 0.6) is 0 Å². The molecule has 1 heterocycles. The summed E-state index contributed by atoms with van der Waals surface area (Å²) in [5.41, 5.74) is 0.946. The van der Waals surface area contributed by atoms with Gasteiger partial charge < -0.3 is 10.6 Å². The van der Waals surface area contributed by atoms with E-state index in [-0.39, 0.29) is 35.1 Å². The first-order chi connectivity index (χ1) is 10.7. The van der Waals surface area contributed by atoms with Gasteiger partial charge in [-0.3, -0.25) is 0 Å². The summed E-state index contributed by atoms with van der Waals surface area (Å²) in [4.78, 5) is 10.3. The molecule has 0 saturated heterocycles. The molecule has 1 aromatic rings. The maximum absolute atomic E-state index is 11.5. The zero-order valence-electron chi connectivity index (χ0n) is 14.7. The molecule has 0 atom stereocenters. The largest absolute Gasteiger partial charge is 0.357 e. The number of hydrogen-bond acceptors (Lipinski definition) is 5. The summed E-state index contributed by atoms with van der Waals surface area (Å²) < 4.78 is 23.0. The van der Waals surface area contributed by atoms with Gasteiger partial charge in [-0.05, 0) is 33.6 Å². The van der Waals surface area contributed by atoms with Gasteiger partial charge in [0.2, 0.25) is 0 Å². The second-order valence-corrected chi connectivity index (χ2v) is 9.80. The second kappa shape index (κ2) is 8.79. The molecule has 0 amide bonds. The van der Waals surface area contributed by atoms with Crippen LogP contribution in [0.4, 0.5) is 0 Å². The van der Waals surface area contributed by atoms with E-state index in [9.17, 15) is 8.42 Å². The van der Waals surface area contributed by atoms with Crippen molar-refractivity contribution in [1.29, 1.82) is 0 Å². The maximum atomic E-state index is 11.5. The van der Waals surface area contributed by atoms with Crippen molar-refractivity contribution >= 4 is 51.1 Å². The highest BCUT2D eigenvalue weighted by molar-refractivity contribution is 14.0. The van der Waals surface area contributed by atoms with Gasteiger partial charge >= 0.3 is 0 Å². The van der Waals surface area contributed by atoms with Crippen LogP contribution in [0.1, 0.15) is 35.3 Å². The van der Waals surface area contributed by atoms with Gasteiger partial charge in [0.05, 0.1) is 18.0 Å². The third-order valence-corrected chi connectivity index (χ3v) is 6.14. The molecule has 0 bridgehead atoms. The number of aliphatic imine (C=N–C) groups is 1. The lowest BCUT2D eigenvalue weighted by molar-refractivity contribution is 0.529. The molecule has 1 aliphatic carbocycles. The summed E-state index contributed by atoms with van der Waals surface area (Å²) in [5, 5.41) is 7.49. The van der Waals surface area contributed by atoms with Crippen LogP contribution < -0.4 is 10.6 Å². The van der Waals surface area contributed by atoms with Crippen LogP contribution >= 0.6 is 35.3 Å². The minimum absolute atomic E-state index is 0. The zero-order valence-corrected chi connectivity index (χ0v) is 18.6. The number of guanidine groups is 1. The standard InChI is InChI=1S/C15H26N4O2S2.HI/c1-5-16-14(17-8-13-19-11(2)12(3)22-13)18-9-15(6-7-15)10-23(4,20)21;/h5-10H2,1-4H3,(H2,16,17,18);1H. The Bertz CT molecular complexity index is 662. The van der Waals surface area contributed by atoms with Crippen LogP contribution in [0.2, 0.25) is 0 Å². The molecule has 0 unspecified atom stereocenters. The van der Waals surface area contributed by atoms with Crippen molar-refractivity contribution in [3.63, 3.8) is 0 Å². The van der Waals surface area contributed by atoms with E-state index in [1.165, 1.54) is 11.1 Å². The van der Waals surface area contributed by atoms with E-state index < -0.39 is 9.84 Å². The predicted octanol–water partition coefficient (Wildman–Crippen LogP) is 2.26. The number of aromatic nitrogens is 1. The minimum atomic E-state index is -2.95. The Morgan fingerprint density at radius 2 is 2.00 bits per heavy atom. The quantitative estimate of drug-likeness (QED) is 0.351. The highest BCUT2D eigenvalue weighted by Crippen LogP contribution is 2.45. The summed E-state index contributed by atoms with van der Waals surface area (Å²) >= 11 is 1.67. The summed E-state index contributed by atoms with van der Waals surface area (Å²) in [6.45, 7) is 8.02. The van der Waals surface area contributed by atoms with E-state index in [0.29, 0.717) is 13.1 Å². The number of halogens is 1. The zero-order chi connectivity index (χ0) is 17.1. The Morgan fingerprint density at radius 1 is 1.33 bits per heavy atom. The molecule has 138 valence electrons. The van der Waals surface area contributed by atoms with E-state index in [1.807, 2.05) is 13.8 Å². The second-order valence-electron chi connectivity index (χ2n) is 6.37. The summed E-state index contributed by atoms with van der Waals surface area (Å²) in [6, 6.07) is 0. The van der Waals surface area contributed by atoms with Crippen molar-refractivity contribution in [3.8, 4) is 0 Å². The monoisotopic (exact) mass is 486 g/mol. The van der Waals surface area contributed by atoms with Crippen molar-refractivity contribution in [2.24, 2.45) is 10.4 Å². The Hall–Kier alpha value is -0.420. The molecule has 1 saturated carbocycles. The van der Waals surface area contributed by atoms with Crippen molar-refractivity contribution in [2.75, 3.05) is 25.1 Å². The molecule has 2 rings (SSSR count). The van der Waals surface area contributed by atoms with Gasteiger partial charge in [0, 0.05) is 29.6 Å². The fourth-order valence-corrected chi connectivity index (χ4v) is 4.83. The van der Waals surface area contributed by atoms with Gasteiger partial charge in [0.1, 0.15) is 14.8 Å². The summed E-state index contributed by atoms with van der Waals surface area (Å²) in [7, 11) is -2.95. The van der Waals surface area contributed by atoms with E-state index >= 15 is 0 Å². The van der Waals surface area contributed by atoms with Gasteiger partial charge in [-0.25, -0.2) is 18.4 Å². The van der Waals surface area contributed by atoms with E-state index in [1.54, 1.807) is 11.3 Å². The van der Waals surface area contributed by atoms with E-state index in [4.69, 9.17) is 0 Å². The molecular formula is C15H27IN4O2S2. The maximum Gasteiger partial charge on any atom is 0.191 e. The van der Waals surface area contributed by atoms with Crippen LogP contribution in [0, 0.1) is 19.3 Å². The third-order valence-electron chi connectivity index (χ3n) is 3.95. The predicted molar refractivity (Wildman–Crippen MR) is 111 cm³/mol. The number of hydrogen-bond donors (Lipinski definition) is 2. The van der Waals surface area contributed by atoms with Crippen LogP contribution in [0.15, 0.2) is 4.99 Å². The van der Waals surface area contributed by atoms with Crippen LogP contribution in [-0.2, 0) is 16.4 Å². The summed E-state index contributed by atoms with van der Waals surface area (Å²) in [6.07, 6.45) is 3.22. The SMILES string of the molecule is CCNC(=NCc1nc(C)c(C)s1)NCC1(CS(C)(=O)=O)CC1.I. The first-order valence-electron chi connectivity index (χ1n) is 7.86. The van der Waals surface area contributed by atoms with Gasteiger partial charge in [0.25, 0.3) is 0 Å². The van der Waals surface area contributed by atoms with Crippen LogP contribution in [0.3, 0.4) is 0 Å². The first kappa shape index (κ1) is 21.6. The molecule has 0 aliphatic heterocycles. The van der Waals surface area contributed by atoms with Crippen LogP contribution in [-0.4, -0.2) is 44.5 Å². The molecule has 0 aromatic carbocycles. The normalized spacial score (nSPS) is 16.4. The molecule has 6 nitrogen and oxygen atoms in total. The highest BCUT2D eigenvalue weighted by atomic mass is 127. The Morgan fingerprint density at radius 3 is 2.46 bits per heavy atom. The molecule has 9 heteroatoms. The lowest BCUT2D eigenvalue weighted by Crippen LogP contribution is -2.41. The lowest BCUT2D eigenvalue weighted by atomic mass is 10.1. The average Bonchev–Trinajstić information content (AvgIpc) is 3.10. The number of aryl methyl sites for hydroxylation is 2. The van der Waals surface area contributed by atoms with E-state index in [2.05, 4.69) is 27.5 Å². The fraction of sp³-hybridized carbons (Fsp3) is 0.733. The molecule has 1 aliphatic rings. The topological polar surface area (TPSA) is 83.4 Å². The summed E-state index contributed by atoms with van der Waals surface area (Å²) in [5.74, 6) is 0.967. The third kappa shape index (κ3) is 6.83. The van der Waals surface area contributed by atoms with Gasteiger partial charge in [0.15, 0.2) is 5.96 Å². The Balaban J connectivity index is 0.00000288. The number of rotatable bonds is 7. The average molecular weight is 486 g/mol. The molecule has 0 radical (unpaired) electrons. The van der Waals surface area contributed by atoms with Crippen molar-refractivity contribution < 1.29 is 8.42 Å². The number of nitrogens with one attached hydrogen (secondary N) is 2. The Labute approximate surface area is 165 Å². The molecule has 0 spiro atoms. The molecular weight excluding hydrogens is 459 g/mol. The van der Waals surface area contributed by atoms with Gasteiger partial charge in [-0.1, -0.05) is 0 Å². The van der Waals surface area contributed by atoms with Crippen molar-refractivity contribution in [3.05, 3.63) is 15.6 Å². The Kier molecular flexibility index (Phi) is 7.92. The van der Waals surface area contributed by atoms with Gasteiger partial charge in [-0.15, -0.1) is 35.3 Å². The molecule has 24 heavy (non-hydrogen) atoms.